The Labute approximate surface area is 189 Å². The molecule has 1 saturated carbocycles. The van der Waals surface area contributed by atoms with Gasteiger partial charge in [0.2, 0.25) is 0 Å². The Kier molecular flexibility index (Phi) is 5.81. The van der Waals surface area contributed by atoms with E-state index < -0.39 is 10.6 Å². The molecule has 1 spiro atoms. The molecular formula is C22H33N5O4S. The number of rotatable bonds is 7. The van der Waals surface area contributed by atoms with Crippen molar-refractivity contribution in [3.05, 3.63) is 18.0 Å². The van der Waals surface area contributed by atoms with Gasteiger partial charge in [-0.1, -0.05) is 5.16 Å². The van der Waals surface area contributed by atoms with Gasteiger partial charge in [-0.2, -0.15) is 15.7 Å². The first-order valence-corrected chi connectivity index (χ1v) is 13.5. The van der Waals surface area contributed by atoms with Crippen LogP contribution in [0.3, 0.4) is 0 Å². The minimum atomic E-state index is -2.42. The average Bonchev–Trinajstić information content (AvgIpc) is 3.38. The van der Waals surface area contributed by atoms with E-state index >= 15 is 0 Å². The molecule has 5 rings (SSSR count). The summed E-state index contributed by atoms with van der Waals surface area (Å²) in [5.74, 6) is 1.42. The maximum Gasteiger partial charge on any atom is 0.159 e. The van der Waals surface area contributed by atoms with E-state index in [-0.39, 0.29) is 11.6 Å². The highest BCUT2D eigenvalue weighted by Gasteiger charge is 2.51. The highest BCUT2D eigenvalue weighted by atomic mass is 32.3. The van der Waals surface area contributed by atoms with Crippen LogP contribution in [0.5, 0.6) is 0 Å². The number of oxime groups is 1. The molecule has 4 heterocycles. The number of fused-ring (bicyclic) bond motifs is 1. The number of hydrogen-bond donors (Lipinski definition) is 3. The fourth-order valence-electron chi connectivity index (χ4n) is 5.17. The van der Waals surface area contributed by atoms with Gasteiger partial charge < -0.3 is 14.9 Å². The quantitative estimate of drug-likeness (QED) is 0.567. The van der Waals surface area contributed by atoms with Crippen molar-refractivity contribution in [1.82, 2.24) is 14.8 Å². The maximum atomic E-state index is 10.0. The summed E-state index contributed by atoms with van der Waals surface area (Å²) in [6.45, 7) is 6.35. The predicted octanol–water partition coefficient (Wildman–Crippen LogP) is 4.09. The van der Waals surface area contributed by atoms with E-state index in [4.69, 9.17) is 14.6 Å². The molecule has 0 aromatic carbocycles. The Hall–Kier alpha value is -1.88. The summed E-state index contributed by atoms with van der Waals surface area (Å²) in [7, 11) is -2.42. The Balaban J connectivity index is 1.39. The molecule has 1 saturated heterocycles. The van der Waals surface area contributed by atoms with E-state index in [1.54, 1.807) is 0 Å². The number of pyridine rings is 1. The van der Waals surface area contributed by atoms with Crippen LogP contribution >= 0.6 is 10.6 Å². The molecule has 1 aliphatic carbocycles. The third-order valence-corrected chi connectivity index (χ3v) is 8.71. The molecule has 176 valence electrons. The lowest BCUT2D eigenvalue weighted by Crippen LogP contribution is -2.45. The van der Waals surface area contributed by atoms with Gasteiger partial charge in [0.15, 0.2) is 5.65 Å². The number of hydrogen-bond acceptors (Lipinski definition) is 8. The SMILES string of the molecule is CCOCC1CC2(CC(c3cnc4c(cnn4CC)c3NC3CCS(O)(O)CC3)=NO2)C1. The van der Waals surface area contributed by atoms with Gasteiger partial charge in [-0.25, -0.2) is 9.67 Å². The molecule has 2 aliphatic heterocycles. The minimum Gasteiger partial charge on any atom is -0.389 e. The minimum absolute atomic E-state index is 0.167. The van der Waals surface area contributed by atoms with Crippen molar-refractivity contribution in [2.75, 3.05) is 30.0 Å². The molecule has 0 radical (unpaired) electrons. The first kappa shape index (κ1) is 21.9. The first-order valence-electron chi connectivity index (χ1n) is 11.6. The fourth-order valence-corrected chi connectivity index (χ4v) is 6.70. The maximum absolute atomic E-state index is 10.0. The van der Waals surface area contributed by atoms with Crippen molar-refractivity contribution in [2.45, 2.75) is 64.1 Å². The number of aryl methyl sites for hydroxylation is 1. The van der Waals surface area contributed by atoms with Gasteiger partial charge in [0.1, 0.15) is 5.60 Å². The lowest BCUT2D eigenvalue weighted by atomic mass is 9.68. The molecular weight excluding hydrogens is 430 g/mol. The lowest BCUT2D eigenvalue weighted by Gasteiger charge is -2.42. The fraction of sp³-hybridized carbons (Fsp3) is 0.682. The van der Waals surface area contributed by atoms with Crippen molar-refractivity contribution in [3.8, 4) is 0 Å². The summed E-state index contributed by atoms with van der Waals surface area (Å²) >= 11 is 0. The van der Waals surface area contributed by atoms with E-state index in [2.05, 4.69) is 22.5 Å². The monoisotopic (exact) mass is 463 g/mol. The molecule has 0 unspecified atom stereocenters. The average molecular weight is 464 g/mol. The van der Waals surface area contributed by atoms with Crippen LogP contribution in [-0.4, -0.2) is 65.9 Å². The smallest absolute Gasteiger partial charge is 0.159 e. The molecule has 32 heavy (non-hydrogen) atoms. The van der Waals surface area contributed by atoms with Crippen LogP contribution in [0.4, 0.5) is 5.69 Å². The normalized spacial score (nSPS) is 25.4. The second-order valence-corrected chi connectivity index (χ2v) is 11.7. The number of nitrogens with zero attached hydrogens (tertiary/aromatic N) is 4. The molecule has 10 heteroatoms. The van der Waals surface area contributed by atoms with Crippen LogP contribution < -0.4 is 5.32 Å². The summed E-state index contributed by atoms with van der Waals surface area (Å²) in [6.07, 6.45) is 7.89. The molecule has 2 aromatic rings. The van der Waals surface area contributed by atoms with E-state index in [0.717, 1.165) is 79.9 Å². The lowest BCUT2D eigenvalue weighted by molar-refractivity contribution is -0.123. The van der Waals surface area contributed by atoms with Crippen LogP contribution in [0.25, 0.3) is 11.0 Å². The van der Waals surface area contributed by atoms with E-state index in [0.29, 0.717) is 17.4 Å². The van der Waals surface area contributed by atoms with Crippen LogP contribution in [0, 0.1) is 5.92 Å². The van der Waals surface area contributed by atoms with Crippen molar-refractivity contribution >= 4 is 33.0 Å². The molecule has 2 fully saturated rings. The molecule has 3 aliphatic rings. The second kappa shape index (κ2) is 8.48. The van der Waals surface area contributed by atoms with Crippen LogP contribution in [0.2, 0.25) is 0 Å². The largest absolute Gasteiger partial charge is 0.389 e. The first-order chi connectivity index (χ1) is 15.4. The van der Waals surface area contributed by atoms with E-state index in [1.807, 2.05) is 24.0 Å². The summed E-state index contributed by atoms with van der Waals surface area (Å²) in [4.78, 5) is 10.7. The number of anilines is 1. The Morgan fingerprint density at radius 1 is 1.25 bits per heavy atom. The highest BCUT2D eigenvalue weighted by Crippen LogP contribution is 2.48. The molecule has 0 bridgehead atoms. The van der Waals surface area contributed by atoms with Gasteiger partial charge in [0.25, 0.3) is 0 Å². The van der Waals surface area contributed by atoms with Crippen molar-refractivity contribution in [1.29, 1.82) is 0 Å². The van der Waals surface area contributed by atoms with Crippen molar-refractivity contribution in [3.63, 3.8) is 0 Å². The van der Waals surface area contributed by atoms with Crippen LogP contribution in [-0.2, 0) is 16.1 Å². The third kappa shape index (κ3) is 4.09. The van der Waals surface area contributed by atoms with Gasteiger partial charge in [-0.3, -0.25) is 9.11 Å². The Bertz CT molecular complexity index is 1010. The molecule has 0 atom stereocenters. The summed E-state index contributed by atoms with van der Waals surface area (Å²) in [5.41, 5.74) is 3.48. The zero-order chi connectivity index (χ0) is 22.3. The number of nitrogens with one attached hydrogen (secondary N) is 1. The Morgan fingerprint density at radius 2 is 2.03 bits per heavy atom. The predicted molar refractivity (Wildman–Crippen MR) is 127 cm³/mol. The van der Waals surface area contributed by atoms with E-state index in [1.165, 1.54) is 0 Å². The highest BCUT2D eigenvalue weighted by molar-refractivity contribution is 8.24. The standard InChI is InChI=1S/C22H33N5O4S/c1-3-27-21-18(13-24-27)20(25-16-5-7-32(28,29)8-6-16)17(12-23-21)19-11-22(31-26-19)9-15(10-22)14-30-4-2/h12-13,15-16,28-29H,3-11,14H2,1-2H3,(H,23,25). The summed E-state index contributed by atoms with van der Waals surface area (Å²) in [6, 6.07) is 0.167. The van der Waals surface area contributed by atoms with Crippen LogP contribution in [0.1, 0.15) is 51.5 Å². The summed E-state index contributed by atoms with van der Waals surface area (Å²) in [5, 5.41) is 13.7. The topological polar surface area (TPSA) is 114 Å². The van der Waals surface area contributed by atoms with Gasteiger partial charge >= 0.3 is 0 Å². The zero-order valence-electron chi connectivity index (χ0n) is 18.8. The molecule has 0 amide bonds. The molecule has 2 aromatic heterocycles. The molecule has 9 nitrogen and oxygen atoms in total. The zero-order valence-corrected chi connectivity index (χ0v) is 19.6. The van der Waals surface area contributed by atoms with E-state index in [9.17, 15) is 9.11 Å². The molecule has 3 N–H and O–H groups in total. The van der Waals surface area contributed by atoms with Gasteiger partial charge in [-0.15, -0.1) is 0 Å². The number of aromatic nitrogens is 3. The Morgan fingerprint density at radius 3 is 2.75 bits per heavy atom. The second-order valence-electron chi connectivity index (χ2n) is 9.30. The number of ether oxygens (including phenoxy) is 1. The van der Waals surface area contributed by atoms with Gasteiger partial charge in [-0.05, 0) is 45.4 Å². The summed E-state index contributed by atoms with van der Waals surface area (Å²) < 4.78 is 27.5. The van der Waals surface area contributed by atoms with Crippen LogP contribution in [0.15, 0.2) is 17.5 Å². The third-order valence-electron chi connectivity index (χ3n) is 6.93. The van der Waals surface area contributed by atoms with Crippen molar-refractivity contribution < 1.29 is 18.7 Å². The van der Waals surface area contributed by atoms with Crippen molar-refractivity contribution in [2.24, 2.45) is 11.1 Å². The van der Waals surface area contributed by atoms with Gasteiger partial charge in [0, 0.05) is 55.5 Å². The van der Waals surface area contributed by atoms with Gasteiger partial charge in [0.05, 0.1) is 23.0 Å².